The van der Waals surface area contributed by atoms with Crippen LogP contribution in [0.3, 0.4) is 0 Å². The summed E-state index contributed by atoms with van der Waals surface area (Å²) in [5.74, 6) is 0.797. The predicted octanol–water partition coefficient (Wildman–Crippen LogP) is 3.65. The summed E-state index contributed by atoms with van der Waals surface area (Å²) >= 11 is 0. The molecule has 1 saturated heterocycles. The Bertz CT molecular complexity index is 682. The zero-order valence-corrected chi connectivity index (χ0v) is 14.2. The van der Waals surface area contributed by atoms with Crippen molar-refractivity contribution in [1.82, 2.24) is 9.47 Å². The molecule has 0 radical (unpaired) electrons. The molecule has 23 heavy (non-hydrogen) atoms. The fraction of sp³-hybridized carbons (Fsp3) is 0.526. The van der Waals surface area contributed by atoms with E-state index >= 15 is 0 Å². The van der Waals surface area contributed by atoms with Gasteiger partial charge in [-0.05, 0) is 51.1 Å². The summed E-state index contributed by atoms with van der Waals surface area (Å²) in [4.78, 5) is 14.1. The Morgan fingerprint density at radius 2 is 1.87 bits per heavy atom. The lowest BCUT2D eigenvalue weighted by Crippen LogP contribution is -2.28. The second-order valence-electron chi connectivity index (χ2n) is 6.41. The first kappa shape index (κ1) is 16.1. The Morgan fingerprint density at radius 3 is 2.52 bits per heavy atom. The van der Waals surface area contributed by atoms with Crippen molar-refractivity contribution in [3.8, 4) is 5.75 Å². The number of aromatic nitrogens is 1. The largest absolute Gasteiger partial charge is 0.497 e. The number of aldehydes is 1. The van der Waals surface area contributed by atoms with Gasteiger partial charge in [-0.1, -0.05) is 12.8 Å². The smallest absolute Gasteiger partial charge is 0.152 e. The Balaban J connectivity index is 1.87. The number of fused-ring (bicyclic) bond motifs is 1. The van der Waals surface area contributed by atoms with Gasteiger partial charge in [0.25, 0.3) is 0 Å². The molecule has 1 fully saturated rings. The van der Waals surface area contributed by atoms with Crippen LogP contribution in [0.25, 0.3) is 10.9 Å². The molecule has 2 aromatic rings. The van der Waals surface area contributed by atoms with Crippen LogP contribution in [-0.4, -0.2) is 42.5 Å². The molecule has 124 valence electrons. The molecular weight excluding hydrogens is 288 g/mol. The third-order valence-electron chi connectivity index (χ3n) is 5.04. The van der Waals surface area contributed by atoms with Gasteiger partial charge in [0.2, 0.25) is 0 Å². The summed E-state index contributed by atoms with van der Waals surface area (Å²) in [6.07, 6.45) is 6.30. The molecule has 0 bridgehead atoms. The van der Waals surface area contributed by atoms with Gasteiger partial charge in [0.05, 0.1) is 7.11 Å². The number of methoxy groups -OCH3 is 1. The van der Waals surface area contributed by atoms with Gasteiger partial charge < -0.3 is 14.2 Å². The minimum atomic E-state index is 0.787. The Labute approximate surface area is 138 Å². The number of carbonyl (C=O) groups excluding carboxylic acids is 1. The Morgan fingerprint density at radius 1 is 1.13 bits per heavy atom. The minimum absolute atomic E-state index is 0.787. The topological polar surface area (TPSA) is 34.5 Å². The summed E-state index contributed by atoms with van der Waals surface area (Å²) in [5.41, 5.74) is 2.97. The second kappa shape index (κ2) is 7.18. The lowest BCUT2D eigenvalue weighted by molar-refractivity contribution is 0.112. The van der Waals surface area contributed by atoms with E-state index in [0.29, 0.717) is 0 Å². The third kappa shape index (κ3) is 3.27. The van der Waals surface area contributed by atoms with Crippen LogP contribution in [0.5, 0.6) is 5.75 Å². The number of likely N-dealkylation sites (tertiary alicyclic amines) is 1. The van der Waals surface area contributed by atoms with Crippen molar-refractivity contribution in [2.75, 3.05) is 26.7 Å². The molecule has 1 aromatic carbocycles. The van der Waals surface area contributed by atoms with Gasteiger partial charge in [0.15, 0.2) is 6.29 Å². The number of benzene rings is 1. The molecule has 0 spiro atoms. The van der Waals surface area contributed by atoms with Crippen LogP contribution in [0.4, 0.5) is 0 Å². The lowest BCUT2D eigenvalue weighted by Gasteiger charge is -2.21. The fourth-order valence-corrected chi connectivity index (χ4v) is 3.65. The van der Waals surface area contributed by atoms with Gasteiger partial charge in [-0.15, -0.1) is 0 Å². The lowest BCUT2D eigenvalue weighted by atomic mass is 10.1. The maximum absolute atomic E-state index is 11.5. The average Bonchev–Trinajstić information content (AvgIpc) is 2.74. The molecule has 4 heteroatoms. The quantitative estimate of drug-likeness (QED) is 0.790. The molecule has 0 amide bonds. The van der Waals surface area contributed by atoms with Crippen LogP contribution < -0.4 is 4.74 Å². The van der Waals surface area contributed by atoms with E-state index in [1.807, 2.05) is 19.1 Å². The molecule has 0 atom stereocenters. The molecule has 1 aromatic heterocycles. The van der Waals surface area contributed by atoms with Crippen molar-refractivity contribution < 1.29 is 9.53 Å². The molecule has 0 aliphatic carbocycles. The summed E-state index contributed by atoms with van der Waals surface area (Å²) in [7, 11) is 1.66. The first-order valence-corrected chi connectivity index (χ1v) is 8.59. The van der Waals surface area contributed by atoms with E-state index in [9.17, 15) is 4.79 Å². The van der Waals surface area contributed by atoms with Crippen LogP contribution >= 0.6 is 0 Å². The molecule has 0 N–H and O–H groups in total. The highest BCUT2D eigenvalue weighted by Gasteiger charge is 2.15. The van der Waals surface area contributed by atoms with E-state index in [-0.39, 0.29) is 0 Å². The molecule has 2 heterocycles. The number of ether oxygens (including phenoxy) is 1. The highest BCUT2D eigenvalue weighted by Crippen LogP contribution is 2.28. The molecule has 3 rings (SSSR count). The van der Waals surface area contributed by atoms with E-state index in [1.165, 1.54) is 38.8 Å². The zero-order chi connectivity index (χ0) is 16.2. The van der Waals surface area contributed by atoms with Crippen molar-refractivity contribution in [1.29, 1.82) is 0 Å². The number of hydrogen-bond donors (Lipinski definition) is 0. The van der Waals surface area contributed by atoms with Crippen LogP contribution in [0.15, 0.2) is 18.2 Å². The maximum atomic E-state index is 11.5. The van der Waals surface area contributed by atoms with Gasteiger partial charge in [0, 0.05) is 35.2 Å². The van der Waals surface area contributed by atoms with Gasteiger partial charge in [0.1, 0.15) is 5.75 Å². The van der Waals surface area contributed by atoms with Gasteiger partial charge >= 0.3 is 0 Å². The molecule has 1 aliphatic heterocycles. The van der Waals surface area contributed by atoms with Crippen molar-refractivity contribution >= 4 is 17.2 Å². The summed E-state index contributed by atoms with van der Waals surface area (Å²) in [6.45, 7) is 6.43. The summed E-state index contributed by atoms with van der Waals surface area (Å²) in [5, 5.41) is 0.993. The van der Waals surface area contributed by atoms with Crippen LogP contribution in [0, 0.1) is 6.92 Å². The second-order valence-corrected chi connectivity index (χ2v) is 6.41. The fourth-order valence-electron chi connectivity index (χ4n) is 3.65. The van der Waals surface area contributed by atoms with E-state index in [2.05, 4.69) is 15.5 Å². The monoisotopic (exact) mass is 314 g/mol. The Kier molecular flexibility index (Phi) is 5.01. The first-order chi connectivity index (χ1) is 11.2. The van der Waals surface area contributed by atoms with Crippen LogP contribution in [0.2, 0.25) is 0 Å². The summed E-state index contributed by atoms with van der Waals surface area (Å²) < 4.78 is 7.59. The molecule has 1 aliphatic rings. The normalized spacial score (nSPS) is 16.4. The van der Waals surface area contributed by atoms with Crippen LogP contribution in [0.1, 0.15) is 41.7 Å². The minimum Gasteiger partial charge on any atom is -0.497 e. The van der Waals surface area contributed by atoms with Crippen molar-refractivity contribution in [2.45, 2.75) is 39.2 Å². The highest BCUT2D eigenvalue weighted by atomic mass is 16.5. The molecule has 4 nitrogen and oxygen atoms in total. The van der Waals surface area contributed by atoms with Gasteiger partial charge in [-0.3, -0.25) is 4.79 Å². The van der Waals surface area contributed by atoms with Gasteiger partial charge in [-0.25, -0.2) is 0 Å². The standard InChI is InChI=1S/C19H26N2O2/c1-15-18(14-22)17-13-16(23-2)7-8-19(17)21(15)12-11-20-9-5-3-4-6-10-20/h7-8,13-14H,3-6,9-12H2,1-2H3. The van der Waals surface area contributed by atoms with E-state index in [1.54, 1.807) is 7.11 Å². The van der Waals surface area contributed by atoms with E-state index in [0.717, 1.165) is 47.3 Å². The molecule has 0 saturated carbocycles. The average molecular weight is 314 g/mol. The molecular formula is C19H26N2O2. The van der Waals surface area contributed by atoms with E-state index < -0.39 is 0 Å². The van der Waals surface area contributed by atoms with E-state index in [4.69, 9.17) is 4.74 Å². The number of hydrogen-bond acceptors (Lipinski definition) is 3. The first-order valence-electron chi connectivity index (χ1n) is 8.59. The maximum Gasteiger partial charge on any atom is 0.152 e. The summed E-state index contributed by atoms with van der Waals surface area (Å²) in [6, 6.07) is 6.00. The molecule has 0 unspecified atom stereocenters. The SMILES string of the molecule is COc1ccc2c(c1)c(C=O)c(C)n2CCN1CCCCCC1. The Hall–Kier alpha value is -1.81. The predicted molar refractivity (Wildman–Crippen MR) is 93.5 cm³/mol. The third-order valence-corrected chi connectivity index (χ3v) is 5.04. The van der Waals surface area contributed by atoms with Crippen molar-refractivity contribution in [3.05, 3.63) is 29.5 Å². The zero-order valence-electron chi connectivity index (χ0n) is 14.2. The highest BCUT2D eigenvalue weighted by molar-refractivity contribution is 6.00. The van der Waals surface area contributed by atoms with Crippen molar-refractivity contribution in [3.63, 3.8) is 0 Å². The number of nitrogens with zero attached hydrogens (tertiary/aromatic N) is 2. The van der Waals surface area contributed by atoms with Gasteiger partial charge in [-0.2, -0.15) is 0 Å². The number of carbonyl (C=O) groups is 1. The van der Waals surface area contributed by atoms with Crippen molar-refractivity contribution in [2.24, 2.45) is 0 Å². The van der Waals surface area contributed by atoms with Crippen LogP contribution in [-0.2, 0) is 6.54 Å². The number of rotatable bonds is 5.